The van der Waals surface area contributed by atoms with Gasteiger partial charge in [0, 0.05) is 18.0 Å². The highest BCUT2D eigenvalue weighted by molar-refractivity contribution is 7.78. The first-order valence-electron chi connectivity index (χ1n) is 7.62. The summed E-state index contributed by atoms with van der Waals surface area (Å²) in [7, 11) is 0. The molecule has 2 rings (SSSR count). The number of halogens is 2. The van der Waals surface area contributed by atoms with Crippen LogP contribution in [0.3, 0.4) is 0 Å². The lowest BCUT2D eigenvalue weighted by Gasteiger charge is -2.34. The Morgan fingerprint density at radius 2 is 2.12 bits per heavy atom. The normalized spacial score (nSPS) is 17.1. The van der Waals surface area contributed by atoms with Gasteiger partial charge in [0.2, 0.25) is 0 Å². The maximum Gasteiger partial charge on any atom is 0.336 e. The summed E-state index contributed by atoms with van der Waals surface area (Å²) in [4.78, 5) is 30.5. The number of ether oxygens (including phenoxy) is 1. The van der Waals surface area contributed by atoms with Crippen molar-refractivity contribution in [2.24, 2.45) is 4.99 Å². The monoisotopic (exact) mass is 398 g/mol. The van der Waals surface area contributed by atoms with Gasteiger partial charge in [0.05, 0.1) is 39.6 Å². The van der Waals surface area contributed by atoms with Crippen molar-refractivity contribution in [2.45, 2.75) is 26.3 Å². The first kappa shape index (κ1) is 19.6. The molecule has 0 fully saturated rings. The number of nitrogens with zero attached hydrogens (tertiary/aromatic N) is 2. The molecule has 1 aromatic carbocycles. The fourth-order valence-electron chi connectivity index (χ4n) is 2.58. The van der Waals surface area contributed by atoms with E-state index in [0.29, 0.717) is 33.3 Å². The number of thiocarbonyl (C=S) groups is 1. The molecule has 0 saturated carbocycles. The predicted molar refractivity (Wildman–Crippen MR) is 100 cm³/mol. The summed E-state index contributed by atoms with van der Waals surface area (Å²) < 4.78 is 5.06. The van der Waals surface area contributed by atoms with E-state index < -0.39 is 5.97 Å². The third kappa shape index (κ3) is 4.47. The maximum atomic E-state index is 12.8. The molecule has 0 radical (unpaired) electrons. The van der Waals surface area contributed by atoms with Crippen molar-refractivity contribution in [3.8, 4) is 0 Å². The van der Waals surface area contributed by atoms with Gasteiger partial charge in [-0.05, 0) is 44.3 Å². The summed E-state index contributed by atoms with van der Waals surface area (Å²) in [5, 5.41) is 2.94. The number of amides is 1. The molecular formula is C17H16Cl2N2O3S. The molecule has 0 spiro atoms. The molecule has 5 nitrogen and oxygen atoms in total. The number of esters is 1. The smallest absolute Gasteiger partial charge is 0.336 e. The Morgan fingerprint density at radius 1 is 1.40 bits per heavy atom. The van der Waals surface area contributed by atoms with Crippen molar-refractivity contribution in [3.05, 3.63) is 45.1 Å². The first-order valence-corrected chi connectivity index (χ1v) is 8.78. The molecule has 0 saturated heterocycles. The van der Waals surface area contributed by atoms with Crippen molar-refractivity contribution >= 4 is 52.5 Å². The van der Waals surface area contributed by atoms with E-state index in [9.17, 15) is 9.59 Å². The summed E-state index contributed by atoms with van der Waals surface area (Å²) in [6.45, 7) is 3.98. The maximum absolute atomic E-state index is 12.8. The van der Waals surface area contributed by atoms with Gasteiger partial charge in [-0.2, -0.15) is 4.99 Å². The second-order valence-corrected chi connectivity index (χ2v) is 6.46. The van der Waals surface area contributed by atoms with Crippen molar-refractivity contribution in [2.75, 3.05) is 13.2 Å². The largest absolute Gasteiger partial charge is 0.463 e. The number of hydrogen-bond acceptors (Lipinski definition) is 5. The number of carbonyl (C=O) groups excluding carboxylic acids is 2. The molecule has 1 heterocycles. The minimum absolute atomic E-state index is 0.137. The molecule has 0 N–H and O–H groups in total. The molecule has 0 aliphatic carbocycles. The van der Waals surface area contributed by atoms with Gasteiger partial charge in [0.1, 0.15) is 0 Å². The van der Waals surface area contributed by atoms with E-state index in [0.717, 1.165) is 0 Å². The fourth-order valence-corrected chi connectivity index (χ4v) is 2.99. The van der Waals surface area contributed by atoms with Crippen LogP contribution in [0, 0.1) is 0 Å². The van der Waals surface area contributed by atoms with Crippen LogP contribution in [0.25, 0.3) is 0 Å². The van der Waals surface area contributed by atoms with Gasteiger partial charge in [-0.1, -0.05) is 23.2 Å². The lowest BCUT2D eigenvalue weighted by Crippen LogP contribution is -2.44. The van der Waals surface area contributed by atoms with Gasteiger partial charge in [-0.25, -0.2) is 4.79 Å². The molecule has 25 heavy (non-hydrogen) atoms. The van der Waals surface area contributed by atoms with Gasteiger partial charge in [0.15, 0.2) is 0 Å². The van der Waals surface area contributed by atoms with E-state index in [-0.39, 0.29) is 25.1 Å². The number of rotatable bonds is 4. The van der Waals surface area contributed by atoms with Crippen LogP contribution in [0.1, 0.15) is 30.6 Å². The number of isothiocyanates is 1. The average molecular weight is 399 g/mol. The Hall–Kier alpha value is -1.72. The zero-order valence-electron chi connectivity index (χ0n) is 13.7. The van der Waals surface area contributed by atoms with Crippen LogP contribution in [-0.4, -0.2) is 41.1 Å². The van der Waals surface area contributed by atoms with Crippen LogP contribution in [0.2, 0.25) is 10.0 Å². The fraction of sp³-hybridized carbons (Fsp3) is 0.353. The topological polar surface area (TPSA) is 59.0 Å². The van der Waals surface area contributed by atoms with E-state index >= 15 is 0 Å². The van der Waals surface area contributed by atoms with Gasteiger partial charge in [0.25, 0.3) is 5.91 Å². The number of hydrogen-bond donors (Lipinski definition) is 0. The molecule has 1 aliphatic heterocycles. The zero-order chi connectivity index (χ0) is 18.6. The molecule has 0 unspecified atom stereocenters. The number of carbonyl (C=O) groups is 2. The molecule has 0 aromatic heterocycles. The summed E-state index contributed by atoms with van der Waals surface area (Å²) in [6.07, 6.45) is 0.321. The van der Waals surface area contributed by atoms with Crippen molar-refractivity contribution < 1.29 is 14.3 Å². The first-order chi connectivity index (χ1) is 11.9. The molecule has 1 aliphatic rings. The third-order valence-corrected chi connectivity index (χ3v) is 4.66. The molecule has 1 amide bonds. The molecule has 1 atom stereocenters. The highest BCUT2D eigenvalue weighted by atomic mass is 35.5. The van der Waals surface area contributed by atoms with E-state index in [1.165, 1.54) is 6.07 Å². The molecule has 132 valence electrons. The second kappa shape index (κ2) is 8.59. The molecule has 8 heteroatoms. The lowest BCUT2D eigenvalue weighted by atomic mass is 9.98. The van der Waals surface area contributed by atoms with Crippen LogP contribution < -0.4 is 0 Å². The summed E-state index contributed by atoms with van der Waals surface area (Å²) in [5.41, 5.74) is 1.22. The van der Waals surface area contributed by atoms with Crippen LogP contribution in [0.4, 0.5) is 0 Å². The Kier molecular flexibility index (Phi) is 6.73. The van der Waals surface area contributed by atoms with Crippen LogP contribution in [0.15, 0.2) is 34.5 Å². The predicted octanol–water partition coefficient (Wildman–Crippen LogP) is 4.15. The number of benzene rings is 1. The molecular weight excluding hydrogens is 383 g/mol. The summed E-state index contributed by atoms with van der Waals surface area (Å²) >= 11 is 16.6. The third-order valence-electron chi connectivity index (χ3n) is 3.83. The number of aliphatic imine (C=N–C) groups is 1. The second-order valence-electron chi connectivity index (χ2n) is 5.46. The van der Waals surface area contributed by atoms with E-state index in [1.54, 1.807) is 24.0 Å². The van der Waals surface area contributed by atoms with Gasteiger partial charge < -0.3 is 9.64 Å². The Balaban J connectivity index is 2.34. The average Bonchev–Trinajstić information content (AvgIpc) is 2.58. The Labute approximate surface area is 161 Å². The van der Waals surface area contributed by atoms with Gasteiger partial charge in [-0.3, -0.25) is 4.79 Å². The SMILES string of the molecule is CCOC(=O)C1=C(N=C=S)CN(C(=O)c2ccc(Cl)c(Cl)c2)[C@H](C)C1. The standard InChI is InChI=1S/C17H16Cl2N2O3S/c1-3-24-17(23)12-6-10(2)21(8-15(12)20-9-25)16(22)11-4-5-13(18)14(19)7-11/h4-5,7,10H,3,6,8H2,1-2H3/t10-/m1/s1. The Morgan fingerprint density at radius 3 is 2.72 bits per heavy atom. The van der Waals surface area contributed by atoms with E-state index in [4.69, 9.17) is 27.9 Å². The Bertz CT molecular complexity index is 788. The lowest BCUT2D eigenvalue weighted by molar-refractivity contribution is -0.139. The highest BCUT2D eigenvalue weighted by Crippen LogP contribution is 2.28. The summed E-state index contributed by atoms with van der Waals surface area (Å²) in [5.74, 6) is -0.675. The van der Waals surface area contributed by atoms with Gasteiger partial charge >= 0.3 is 5.97 Å². The molecule has 1 aromatic rings. The summed E-state index contributed by atoms with van der Waals surface area (Å²) in [6, 6.07) is 4.48. The highest BCUT2D eigenvalue weighted by Gasteiger charge is 2.32. The zero-order valence-corrected chi connectivity index (χ0v) is 16.0. The van der Waals surface area contributed by atoms with Crippen LogP contribution in [0.5, 0.6) is 0 Å². The minimum Gasteiger partial charge on any atom is -0.463 e. The quantitative estimate of drug-likeness (QED) is 0.434. The van der Waals surface area contributed by atoms with E-state index in [1.807, 2.05) is 6.92 Å². The van der Waals surface area contributed by atoms with Crippen LogP contribution in [-0.2, 0) is 9.53 Å². The van der Waals surface area contributed by atoms with Crippen molar-refractivity contribution in [1.29, 1.82) is 0 Å². The minimum atomic E-state index is -0.444. The molecule has 0 bridgehead atoms. The van der Waals surface area contributed by atoms with Gasteiger partial charge in [-0.15, -0.1) is 0 Å². The van der Waals surface area contributed by atoms with E-state index in [2.05, 4.69) is 22.4 Å². The van der Waals surface area contributed by atoms with Crippen molar-refractivity contribution in [3.63, 3.8) is 0 Å². The van der Waals surface area contributed by atoms with Crippen LogP contribution >= 0.6 is 35.4 Å². The van der Waals surface area contributed by atoms with Crippen molar-refractivity contribution in [1.82, 2.24) is 4.90 Å².